The van der Waals surface area contributed by atoms with Crippen molar-refractivity contribution in [2.75, 3.05) is 19.0 Å². The van der Waals surface area contributed by atoms with Gasteiger partial charge in [0, 0.05) is 25.8 Å². The Morgan fingerprint density at radius 2 is 1.62 bits per heavy atom. The Balaban J connectivity index is 2.04. The monoisotopic (exact) mass is 348 g/mol. The number of sulfonamides is 1. The Morgan fingerprint density at radius 1 is 1.04 bits per heavy atom. The average Bonchev–Trinajstić information content (AvgIpc) is 2.55. The first-order valence-electron chi connectivity index (χ1n) is 7.81. The molecular formula is C18H24N2O3S. The Hall–Kier alpha value is -1.89. The van der Waals surface area contributed by atoms with Gasteiger partial charge >= 0.3 is 0 Å². The van der Waals surface area contributed by atoms with E-state index < -0.39 is 22.2 Å². The van der Waals surface area contributed by atoms with Crippen LogP contribution in [0.4, 0.5) is 5.69 Å². The summed E-state index contributed by atoms with van der Waals surface area (Å²) in [6.45, 7) is 1.67. The van der Waals surface area contributed by atoms with Gasteiger partial charge in [0.25, 0.3) is 0 Å². The van der Waals surface area contributed by atoms with Gasteiger partial charge in [0.15, 0.2) is 0 Å². The van der Waals surface area contributed by atoms with E-state index in [9.17, 15) is 13.5 Å². The van der Waals surface area contributed by atoms with Crippen molar-refractivity contribution in [3.05, 3.63) is 60.2 Å². The molecule has 0 aromatic heterocycles. The lowest BCUT2D eigenvalue weighted by Crippen LogP contribution is -2.42. The molecule has 0 unspecified atom stereocenters. The largest absolute Gasteiger partial charge is 0.391 e. The summed E-state index contributed by atoms with van der Waals surface area (Å²) in [6.07, 6.45) is -0.410. The van der Waals surface area contributed by atoms with Crippen LogP contribution in [0.2, 0.25) is 0 Å². The lowest BCUT2D eigenvalue weighted by molar-refractivity contribution is 0.144. The van der Waals surface area contributed by atoms with Crippen LogP contribution in [0.15, 0.2) is 59.5 Å². The smallest absolute Gasteiger partial charge is 0.240 e. The van der Waals surface area contributed by atoms with Gasteiger partial charge in [-0.15, -0.1) is 0 Å². The highest BCUT2D eigenvalue weighted by Gasteiger charge is 2.22. The van der Waals surface area contributed by atoms with Crippen LogP contribution in [0.5, 0.6) is 0 Å². The lowest BCUT2D eigenvalue weighted by Gasteiger charge is -2.20. The predicted octanol–water partition coefficient (Wildman–Crippen LogP) is 2.02. The van der Waals surface area contributed by atoms with Crippen molar-refractivity contribution in [3.8, 4) is 0 Å². The molecule has 0 aliphatic carbocycles. The van der Waals surface area contributed by atoms with Gasteiger partial charge in [-0.2, -0.15) is 0 Å². The second-order valence-corrected chi connectivity index (χ2v) is 7.77. The third kappa shape index (κ3) is 4.80. The molecule has 0 saturated carbocycles. The molecule has 0 radical (unpaired) electrons. The number of aliphatic hydroxyl groups excluding tert-OH is 1. The second-order valence-electron chi connectivity index (χ2n) is 6.06. The fraction of sp³-hybridized carbons (Fsp3) is 0.333. The molecule has 0 bridgehead atoms. The van der Waals surface area contributed by atoms with E-state index in [4.69, 9.17) is 0 Å². The Bertz CT molecular complexity index is 744. The Morgan fingerprint density at radius 3 is 2.17 bits per heavy atom. The minimum atomic E-state index is -3.67. The average molecular weight is 348 g/mol. The molecule has 2 rings (SSSR count). The molecule has 2 aromatic carbocycles. The highest BCUT2D eigenvalue weighted by molar-refractivity contribution is 7.89. The van der Waals surface area contributed by atoms with Crippen molar-refractivity contribution in [1.82, 2.24) is 4.72 Å². The van der Waals surface area contributed by atoms with Crippen LogP contribution in [0.3, 0.4) is 0 Å². The van der Waals surface area contributed by atoms with Crippen LogP contribution in [0.25, 0.3) is 0 Å². The summed E-state index contributed by atoms with van der Waals surface area (Å²) in [7, 11) is 0.117. The first-order valence-corrected chi connectivity index (χ1v) is 9.29. The molecule has 2 atom stereocenters. The normalized spacial score (nSPS) is 14.2. The SMILES string of the molecule is C[C@H](NS(=O)(=O)c1ccc(N(C)C)cc1)[C@@H](O)Cc1ccccc1. The summed E-state index contributed by atoms with van der Waals surface area (Å²) >= 11 is 0. The van der Waals surface area contributed by atoms with Crippen LogP contribution in [0.1, 0.15) is 12.5 Å². The molecule has 24 heavy (non-hydrogen) atoms. The Labute approximate surface area is 144 Å². The van der Waals surface area contributed by atoms with Crippen LogP contribution < -0.4 is 9.62 Å². The number of anilines is 1. The quantitative estimate of drug-likeness (QED) is 0.803. The molecule has 0 heterocycles. The summed E-state index contributed by atoms with van der Waals surface area (Å²) in [6, 6.07) is 15.5. The zero-order chi connectivity index (χ0) is 17.7. The van der Waals surface area contributed by atoms with E-state index in [1.165, 1.54) is 0 Å². The zero-order valence-electron chi connectivity index (χ0n) is 14.2. The number of nitrogens with one attached hydrogen (secondary N) is 1. The van der Waals surface area contributed by atoms with Crippen molar-refractivity contribution in [1.29, 1.82) is 0 Å². The van der Waals surface area contributed by atoms with E-state index in [2.05, 4.69) is 4.72 Å². The Kier molecular flexibility index (Phi) is 5.99. The van der Waals surface area contributed by atoms with Crippen molar-refractivity contribution in [2.24, 2.45) is 0 Å². The third-order valence-corrected chi connectivity index (χ3v) is 5.44. The number of benzene rings is 2. The second kappa shape index (κ2) is 7.79. The molecule has 0 amide bonds. The van der Waals surface area contributed by atoms with Crippen LogP contribution >= 0.6 is 0 Å². The van der Waals surface area contributed by atoms with Gasteiger partial charge in [0.05, 0.1) is 11.0 Å². The predicted molar refractivity (Wildman–Crippen MR) is 96.7 cm³/mol. The van der Waals surface area contributed by atoms with E-state index in [0.717, 1.165) is 11.3 Å². The van der Waals surface area contributed by atoms with Crippen LogP contribution in [-0.2, 0) is 16.4 Å². The van der Waals surface area contributed by atoms with Crippen LogP contribution in [-0.4, -0.2) is 39.8 Å². The molecule has 130 valence electrons. The minimum absolute atomic E-state index is 0.187. The molecular weight excluding hydrogens is 324 g/mol. The number of nitrogens with zero attached hydrogens (tertiary/aromatic N) is 1. The van der Waals surface area contributed by atoms with Crippen molar-refractivity contribution in [3.63, 3.8) is 0 Å². The topological polar surface area (TPSA) is 69.6 Å². The van der Waals surface area contributed by atoms with Gasteiger partial charge in [-0.3, -0.25) is 0 Å². The van der Waals surface area contributed by atoms with E-state index in [-0.39, 0.29) is 4.90 Å². The van der Waals surface area contributed by atoms with Gasteiger partial charge in [0.1, 0.15) is 0 Å². The highest BCUT2D eigenvalue weighted by Crippen LogP contribution is 2.17. The van der Waals surface area contributed by atoms with Crippen LogP contribution in [0, 0.1) is 0 Å². The first kappa shape index (κ1) is 18.4. The molecule has 0 spiro atoms. The number of hydrogen-bond donors (Lipinski definition) is 2. The summed E-state index contributed by atoms with van der Waals surface area (Å²) in [5.74, 6) is 0. The fourth-order valence-corrected chi connectivity index (χ4v) is 3.62. The maximum Gasteiger partial charge on any atom is 0.240 e. The van der Waals surface area contributed by atoms with Gasteiger partial charge in [-0.05, 0) is 43.2 Å². The number of hydrogen-bond acceptors (Lipinski definition) is 4. The first-order chi connectivity index (χ1) is 11.3. The van der Waals surface area contributed by atoms with Gasteiger partial charge in [0.2, 0.25) is 10.0 Å². The van der Waals surface area contributed by atoms with E-state index in [1.807, 2.05) is 49.3 Å². The summed E-state index contributed by atoms with van der Waals surface area (Å²) in [5, 5.41) is 10.3. The van der Waals surface area contributed by atoms with Crippen molar-refractivity contribution < 1.29 is 13.5 Å². The van der Waals surface area contributed by atoms with Gasteiger partial charge in [-0.1, -0.05) is 30.3 Å². The number of rotatable bonds is 7. The molecule has 0 aliphatic rings. The molecule has 2 N–H and O–H groups in total. The molecule has 0 saturated heterocycles. The maximum atomic E-state index is 12.4. The van der Waals surface area contributed by atoms with Gasteiger partial charge in [-0.25, -0.2) is 13.1 Å². The van der Waals surface area contributed by atoms with Gasteiger partial charge < -0.3 is 10.0 Å². The standard InChI is InChI=1S/C18H24N2O3S/c1-14(18(21)13-15-7-5-4-6-8-15)19-24(22,23)17-11-9-16(10-12-17)20(2)3/h4-12,14,18-19,21H,13H2,1-3H3/t14-,18-/m0/s1. The highest BCUT2D eigenvalue weighted by atomic mass is 32.2. The fourth-order valence-electron chi connectivity index (χ4n) is 2.35. The van der Waals surface area contributed by atoms with E-state index >= 15 is 0 Å². The molecule has 5 nitrogen and oxygen atoms in total. The lowest BCUT2D eigenvalue weighted by atomic mass is 10.0. The molecule has 6 heteroatoms. The number of aliphatic hydroxyl groups is 1. The molecule has 0 aliphatic heterocycles. The molecule has 0 fully saturated rings. The van der Waals surface area contributed by atoms with Crippen molar-refractivity contribution in [2.45, 2.75) is 30.4 Å². The van der Waals surface area contributed by atoms with E-state index in [0.29, 0.717) is 6.42 Å². The van der Waals surface area contributed by atoms with Crippen molar-refractivity contribution >= 4 is 15.7 Å². The minimum Gasteiger partial charge on any atom is -0.391 e. The zero-order valence-corrected chi connectivity index (χ0v) is 15.0. The summed E-state index contributed by atoms with van der Waals surface area (Å²) in [5.41, 5.74) is 1.89. The third-order valence-electron chi connectivity index (χ3n) is 3.87. The summed E-state index contributed by atoms with van der Waals surface area (Å²) < 4.78 is 27.4. The van der Waals surface area contributed by atoms with E-state index in [1.54, 1.807) is 31.2 Å². The maximum absolute atomic E-state index is 12.4. The summed E-state index contributed by atoms with van der Waals surface area (Å²) in [4.78, 5) is 2.09. The molecule has 2 aromatic rings.